The molecule has 2 aromatic rings. The van der Waals surface area contributed by atoms with Crippen LogP contribution >= 0.6 is 0 Å². The van der Waals surface area contributed by atoms with E-state index in [2.05, 4.69) is 10.3 Å². The zero-order valence-corrected chi connectivity index (χ0v) is 11.1. The topological polar surface area (TPSA) is 48.3 Å². The summed E-state index contributed by atoms with van der Waals surface area (Å²) in [5.41, 5.74) is 0.649. The molecule has 0 spiro atoms. The Balaban J connectivity index is 2.15. The summed E-state index contributed by atoms with van der Waals surface area (Å²) < 4.78 is 36.5. The quantitative estimate of drug-likeness (QED) is 0.885. The van der Waals surface area contributed by atoms with E-state index in [-0.39, 0.29) is 12.4 Å². The van der Waals surface area contributed by atoms with E-state index >= 15 is 0 Å². The second kappa shape index (κ2) is 6.23. The Morgan fingerprint density at radius 3 is 2.75 bits per heavy atom. The van der Waals surface area contributed by atoms with Crippen molar-refractivity contribution >= 4 is 5.69 Å². The second-order valence-corrected chi connectivity index (χ2v) is 3.95. The van der Waals surface area contributed by atoms with E-state index < -0.39 is 6.55 Å². The van der Waals surface area contributed by atoms with Crippen molar-refractivity contribution in [3.8, 4) is 11.5 Å². The van der Waals surface area contributed by atoms with Crippen LogP contribution in [0.25, 0.3) is 0 Å². The van der Waals surface area contributed by atoms with Crippen LogP contribution in [0.2, 0.25) is 0 Å². The van der Waals surface area contributed by atoms with Crippen LogP contribution < -0.4 is 14.8 Å². The van der Waals surface area contributed by atoms with Gasteiger partial charge >= 0.3 is 6.55 Å². The summed E-state index contributed by atoms with van der Waals surface area (Å²) in [4.78, 5) is 3.90. The summed E-state index contributed by atoms with van der Waals surface area (Å²) in [7, 11) is 3.09. The van der Waals surface area contributed by atoms with E-state index in [0.29, 0.717) is 17.2 Å². The fourth-order valence-corrected chi connectivity index (χ4v) is 1.79. The number of nitrogens with one attached hydrogen (secondary N) is 1. The molecule has 0 aliphatic carbocycles. The minimum Gasteiger partial charge on any atom is -0.497 e. The van der Waals surface area contributed by atoms with Gasteiger partial charge in [-0.05, 0) is 12.1 Å². The lowest BCUT2D eigenvalue weighted by Gasteiger charge is -2.13. The average Bonchev–Trinajstić information content (AvgIpc) is 2.93. The molecule has 0 saturated heterocycles. The van der Waals surface area contributed by atoms with E-state index in [1.165, 1.54) is 19.5 Å². The lowest BCUT2D eigenvalue weighted by Crippen LogP contribution is -2.09. The van der Waals surface area contributed by atoms with Crippen LogP contribution in [-0.2, 0) is 6.54 Å². The van der Waals surface area contributed by atoms with Crippen LogP contribution in [0.4, 0.5) is 14.5 Å². The molecule has 0 radical (unpaired) electrons. The summed E-state index contributed by atoms with van der Waals surface area (Å²) in [6, 6.07) is 5.22. The van der Waals surface area contributed by atoms with Crippen LogP contribution in [0.5, 0.6) is 11.5 Å². The number of hydrogen-bond donors (Lipinski definition) is 1. The van der Waals surface area contributed by atoms with Gasteiger partial charge in [0.2, 0.25) is 0 Å². The molecule has 7 heteroatoms. The first-order valence-electron chi connectivity index (χ1n) is 5.91. The van der Waals surface area contributed by atoms with Crippen molar-refractivity contribution < 1.29 is 18.3 Å². The molecule has 1 aromatic heterocycles. The van der Waals surface area contributed by atoms with Crippen molar-refractivity contribution in [3.63, 3.8) is 0 Å². The molecule has 108 valence electrons. The van der Waals surface area contributed by atoms with Crippen molar-refractivity contribution in [1.82, 2.24) is 9.55 Å². The van der Waals surface area contributed by atoms with Gasteiger partial charge in [-0.2, -0.15) is 8.78 Å². The first-order valence-corrected chi connectivity index (χ1v) is 5.91. The van der Waals surface area contributed by atoms with Crippen LogP contribution in [0.15, 0.2) is 30.6 Å². The zero-order chi connectivity index (χ0) is 14.5. The van der Waals surface area contributed by atoms with Crippen molar-refractivity contribution in [1.29, 1.82) is 0 Å². The molecule has 0 bridgehead atoms. The summed E-state index contributed by atoms with van der Waals surface area (Å²) >= 11 is 0. The highest BCUT2D eigenvalue weighted by Gasteiger charge is 2.12. The Morgan fingerprint density at radius 1 is 1.30 bits per heavy atom. The molecule has 0 saturated carbocycles. The van der Waals surface area contributed by atoms with E-state index in [1.54, 1.807) is 25.3 Å². The third kappa shape index (κ3) is 2.98. The molecular weight excluding hydrogens is 268 g/mol. The number of hydrogen-bond acceptors (Lipinski definition) is 4. The maximum Gasteiger partial charge on any atom is 0.319 e. The molecule has 0 aliphatic heterocycles. The smallest absolute Gasteiger partial charge is 0.319 e. The minimum atomic E-state index is -2.61. The number of nitrogens with zero attached hydrogens (tertiary/aromatic N) is 2. The van der Waals surface area contributed by atoms with Gasteiger partial charge < -0.3 is 14.8 Å². The molecule has 20 heavy (non-hydrogen) atoms. The second-order valence-electron chi connectivity index (χ2n) is 3.95. The van der Waals surface area contributed by atoms with E-state index in [4.69, 9.17) is 9.47 Å². The number of ether oxygens (including phenoxy) is 2. The van der Waals surface area contributed by atoms with Gasteiger partial charge in [0.15, 0.2) is 0 Å². The normalized spacial score (nSPS) is 10.7. The summed E-state index contributed by atoms with van der Waals surface area (Å²) in [6.45, 7) is -2.46. The molecule has 1 heterocycles. The van der Waals surface area contributed by atoms with Crippen molar-refractivity contribution in [3.05, 3.63) is 36.4 Å². The molecular formula is C13H15F2N3O2. The number of imidazole rings is 1. The zero-order valence-electron chi connectivity index (χ0n) is 11.1. The molecule has 5 nitrogen and oxygen atoms in total. The highest BCUT2D eigenvalue weighted by molar-refractivity contribution is 5.59. The maximum atomic E-state index is 12.7. The first kappa shape index (κ1) is 14.1. The monoisotopic (exact) mass is 283 g/mol. The van der Waals surface area contributed by atoms with Crippen molar-refractivity contribution in [2.45, 2.75) is 13.1 Å². The number of benzene rings is 1. The van der Waals surface area contributed by atoms with Crippen molar-refractivity contribution in [2.75, 3.05) is 19.5 Å². The summed E-state index contributed by atoms with van der Waals surface area (Å²) in [5, 5.41) is 3.01. The molecule has 0 atom stereocenters. The number of rotatable bonds is 6. The van der Waals surface area contributed by atoms with Gasteiger partial charge in [-0.1, -0.05) is 0 Å². The number of methoxy groups -OCH3 is 2. The molecule has 1 N–H and O–H groups in total. The Hall–Kier alpha value is -2.31. The fraction of sp³-hybridized carbons (Fsp3) is 0.308. The lowest BCUT2D eigenvalue weighted by atomic mass is 10.2. The van der Waals surface area contributed by atoms with Gasteiger partial charge in [0.25, 0.3) is 0 Å². The molecule has 0 aliphatic rings. The van der Waals surface area contributed by atoms with Gasteiger partial charge in [0.05, 0.1) is 26.5 Å². The molecule has 0 fully saturated rings. The SMILES string of the molecule is COc1ccc(OC)c(NCc2nccn2C(F)F)c1. The predicted octanol–water partition coefficient (Wildman–Crippen LogP) is 2.91. The molecule has 1 aromatic carbocycles. The molecule has 0 amide bonds. The average molecular weight is 283 g/mol. The third-order valence-electron chi connectivity index (χ3n) is 2.80. The van der Waals surface area contributed by atoms with Crippen LogP contribution in [0, 0.1) is 0 Å². The largest absolute Gasteiger partial charge is 0.497 e. The summed E-state index contributed by atoms with van der Waals surface area (Å²) in [6.07, 6.45) is 2.58. The fourth-order valence-electron chi connectivity index (χ4n) is 1.79. The van der Waals surface area contributed by atoms with Crippen molar-refractivity contribution in [2.24, 2.45) is 0 Å². The van der Waals surface area contributed by atoms with Crippen LogP contribution in [-0.4, -0.2) is 23.8 Å². The number of anilines is 1. The minimum absolute atomic E-state index is 0.154. The third-order valence-corrected chi connectivity index (χ3v) is 2.80. The Bertz CT molecular complexity index is 572. The first-order chi connectivity index (χ1) is 9.65. The highest BCUT2D eigenvalue weighted by atomic mass is 19.3. The van der Waals surface area contributed by atoms with E-state index in [1.807, 2.05) is 0 Å². The van der Waals surface area contributed by atoms with Crippen LogP contribution in [0.1, 0.15) is 12.4 Å². The van der Waals surface area contributed by atoms with Gasteiger partial charge in [0.1, 0.15) is 17.3 Å². The Labute approximate surface area is 115 Å². The Kier molecular flexibility index (Phi) is 4.39. The van der Waals surface area contributed by atoms with Gasteiger partial charge in [-0.3, -0.25) is 4.57 Å². The highest BCUT2D eigenvalue weighted by Crippen LogP contribution is 2.29. The lowest BCUT2D eigenvalue weighted by molar-refractivity contribution is 0.0673. The number of halogens is 2. The Morgan fingerprint density at radius 2 is 2.10 bits per heavy atom. The van der Waals surface area contributed by atoms with Gasteiger partial charge in [0, 0.05) is 18.5 Å². The molecule has 2 rings (SSSR count). The van der Waals surface area contributed by atoms with E-state index in [0.717, 1.165) is 4.57 Å². The van der Waals surface area contributed by atoms with Crippen LogP contribution in [0.3, 0.4) is 0 Å². The standard InChI is InChI=1S/C13H15F2N3O2/c1-19-9-3-4-11(20-2)10(7-9)17-8-12-16-5-6-18(12)13(14)15/h3-7,13,17H,8H2,1-2H3. The van der Waals surface area contributed by atoms with Gasteiger partial charge in [-0.15, -0.1) is 0 Å². The maximum absolute atomic E-state index is 12.7. The number of alkyl halides is 2. The summed E-state index contributed by atoms with van der Waals surface area (Å²) in [5.74, 6) is 1.48. The van der Waals surface area contributed by atoms with Gasteiger partial charge in [-0.25, -0.2) is 4.98 Å². The molecule has 0 unspecified atom stereocenters. The number of aromatic nitrogens is 2. The van der Waals surface area contributed by atoms with E-state index in [9.17, 15) is 8.78 Å². The predicted molar refractivity (Wildman–Crippen MR) is 70.4 cm³/mol.